The van der Waals surface area contributed by atoms with Gasteiger partial charge in [0.15, 0.2) is 0 Å². The van der Waals surface area contributed by atoms with Gasteiger partial charge < -0.3 is 0 Å². The zero-order valence-electron chi connectivity index (χ0n) is 3.94. The molecule has 1 aromatic heterocycles. The van der Waals surface area contributed by atoms with Crippen molar-refractivity contribution in [3.05, 3.63) is 15.9 Å². The fraction of sp³-hybridized carbons (Fsp3) is 0. The Labute approximate surface area is 64.3 Å². The molecular formula is C4H2BrLiS. The van der Waals surface area contributed by atoms with Gasteiger partial charge in [-0.15, -0.1) is 0 Å². The van der Waals surface area contributed by atoms with Crippen LogP contribution in [0.5, 0.6) is 0 Å². The summed E-state index contributed by atoms with van der Waals surface area (Å²) >= 11 is 7.20. The Bertz CT molecular complexity index is 144. The molecule has 0 atom stereocenters. The fourth-order valence-corrected chi connectivity index (χ4v) is 1.88. The van der Waals surface area contributed by atoms with E-state index in [1.54, 1.807) is 11.3 Å². The summed E-state index contributed by atoms with van der Waals surface area (Å²) in [5.74, 6) is 0. The summed E-state index contributed by atoms with van der Waals surface area (Å²) in [6.07, 6.45) is 0. The van der Waals surface area contributed by atoms with Gasteiger partial charge in [-0.3, -0.25) is 0 Å². The van der Waals surface area contributed by atoms with Crippen LogP contribution in [0.25, 0.3) is 0 Å². The van der Waals surface area contributed by atoms with Crippen molar-refractivity contribution in [3.8, 4) is 0 Å². The summed E-state index contributed by atoms with van der Waals surface area (Å²) in [5, 5.41) is 0. The molecule has 1 heterocycles. The van der Waals surface area contributed by atoms with Crippen LogP contribution in [0.15, 0.2) is 15.9 Å². The van der Waals surface area contributed by atoms with Crippen molar-refractivity contribution in [2.75, 3.05) is 0 Å². The molecule has 0 amide bonds. The maximum atomic E-state index is 3.35. The van der Waals surface area contributed by atoms with E-state index in [9.17, 15) is 0 Å². The first-order chi connectivity index (χ1) is 3.29. The summed E-state index contributed by atoms with van der Waals surface area (Å²) in [6, 6.07) is 4.15. The second kappa shape index (κ2) is 2.37. The quantitative estimate of drug-likeness (QED) is 0.513. The molecule has 0 radical (unpaired) electrons. The molecule has 0 saturated heterocycles. The van der Waals surface area contributed by atoms with Gasteiger partial charge in [-0.05, 0) is 0 Å². The fourth-order valence-electron chi connectivity index (χ4n) is 0.405. The number of thiophene rings is 1. The standard InChI is InChI=1S/C4H2BrS.Li/c5-4-2-1-3-6-4;/h1-2H;. The minimum atomic E-state index is 1.21. The number of rotatable bonds is 0. The summed E-state index contributed by atoms with van der Waals surface area (Å²) in [5.41, 5.74) is 0. The van der Waals surface area contributed by atoms with Crippen LogP contribution < -0.4 is 3.55 Å². The van der Waals surface area contributed by atoms with Crippen molar-refractivity contribution in [2.24, 2.45) is 0 Å². The summed E-state index contributed by atoms with van der Waals surface area (Å²) in [4.78, 5) is 0. The van der Waals surface area contributed by atoms with E-state index in [1.165, 1.54) is 7.34 Å². The normalized spacial score (nSPS) is 9.57. The molecule has 0 saturated carbocycles. The van der Waals surface area contributed by atoms with Gasteiger partial charge in [0.1, 0.15) is 0 Å². The molecule has 0 aromatic carbocycles. The molecule has 1 aromatic rings. The van der Waals surface area contributed by atoms with E-state index < -0.39 is 0 Å². The van der Waals surface area contributed by atoms with Crippen molar-refractivity contribution in [2.45, 2.75) is 0 Å². The van der Waals surface area contributed by atoms with Crippen LogP contribution in [0.1, 0.15) is 0 Å². The van der Waals surface area contributed by atoms with E-state index in [2.05, 4.69) is 45.8 Å². The molecule has 0 bridgehead atoms. The van der Waals surface area contributed by atoms with E-state index in [4.69, 9.17) is 0 Å². The first-order valence-electron chi connectivity index (χ1n) is 2.01. The van der Waals surface area contributed by atoms with E-state index in [1.807, 2.05) is 0 Å². The molecule has 0 aliphatic carbocycles. The average Bonchev–Trinajstić information content (AvgIpc) is 1.87. The van der Waals surface area contributed by atoms with Gasteiger partial charge in [-0.2, -0.15) is 0 Å². The Morgan fingerprint density at radius 3 is 2.43 bits per heavy atom. The van der Waals surface area contributed by atoms with Gasteiger partial charge in [0.05, 0.1) is 0 Å². The van der Waals surface area contributed by atoms with Gasteiger partial charge in [-0.25, -0.2) is 0 Å². The molecule has 32 valence electrons. The van der Waals surface area contributed by atoms with E-state index in [-0.39, 0.29) is 0 Å². The van der Waals surface area contributed by atoms with Crippen molar-refractivity contribution >= 4 is 48.5 Å². The van der Waals surface area contributed by atoms with Gasteiger partial charge in [0.25, 0.3) is 0 Å². The minimum absolute atomic E-state index is 1.21. The molecule has 0 aliphatic heterocycles. The van der Waals surface area contributed by atoms with Crippen molar-refractivity contribution in [1.29, 1.82) is 0 Å². The zero-order chi connectivity index (χ0) is 5.28. The first kappa shape index (κ1) is 5.91. The molecule has 0 unspecified atom stereocenters. The molecular weight excluding hydrogens is 167 g/mol. The van der Waals surface area contributed by atoms with Crippen LogP contribution in [0.3, 0.4) is 0 Å². The third-order valence-electron chi connectivity index (χ3n) is 0.708. The second-order valence-electron chi connectivity index (χ2n) is 1.35. The Hall–Kier alpha value is 0.777. The van der Waals surface area contributed by atoms with Gasteiger partial charge in [0.2, 0.25) is 0 Å². The number of halogens is 1. The van der Waals surface area contributed by atoms with Crippen LogP contribution in [-0.4, -0.2) is 17.7 Å². The average molecular weight is 169 g/mol. The molecule has 0 nitrogen and oxygen atoms in total. The van der Waals surface area contributed by atoms with Gasteiger partial charge >= 0.3 is 64.5 Å². The van der Waals surface area contributed by atoms with Gasteiger partial charge in [0, 0.05) is 0 Å². The Kier molecular flexibility index (Phi) is 2.00. The van der Waals surface area contributed by atoms with Crippen LogP contribution >= 0.6 is 27.3 Å². The monoisotopic (exact) mass is 168 g/mol. The van der Waals surface area contributed by atoms with Crippen molar-refractivity contribution < 1.29 is 0 Å². The molecule has 0 aliphatic rings. The molecule has 1 rings (SSSR count). The molecule has 7 heavy (non-hydrogen) atoms. The van der Waals surface area contributed by atoms with Crippen LogP contribution in [0.4, 0.5) is 0 Å². The number of hydrogen-bond donors (Lipinski definition) is 0. The Morgan fingerprint density at radius 1 is 1.57 bits per heavy atom. The van der Waals surface area contributed by atoms with Crippen LogP contribution in [0, 0.1) is 0 Å². The predicted octanol–water partition coefficient (Wildman–Crippen LogP) is 1.30. The Morgan fingerprint density at radius 2 is 2.29 bits per heavy atom. The van der Waals surface area contributed by atoms with E-state index in [0.717, 1.165) is 0 Å². The Balaban J connectivity index is 3.04. The SMILES string of the molecule is [Li][c]1ccc(Br)s1. The maximum absolute atomic E-state index is 3.35. The van der Waals surface area contributed by atoms with E-state index in [0.29, 0.717) is 0 Å². The van der Waals surface area contributed by atoms with E-state index >= 15 is 0 Å². The van der Waals surface area contributed by atoms with Crippen LogP contribution in [0.2, 0.25) is 0 Å². The third kappa shape index (κ3) is 1.62. The second-order valence-corrected chi connectivity index (χ2v) is 4.02. The predicted molar refractivity (Wildman–Crippen MR) is 37.4 cm³/mol. The zero-order valence-corrected chi connectivity index (χ0v) is 6.34. The molecule has 0 N–H and O–H groups in total. The third-order valence-corrected chi connectivity index (χ3v) is 2.25. The van der Waals surface area contributed by atoms with Crippen LogP contribution in [-0.2, 0) is 0 Å². The summed E-state index contributed by atoms with van der Waals surface area (Å²) in [6.45, 7) is 0. The number of hydrogen-bond acceptors (Lipinski definition) is 1. The first-order valence-corrected chi connectivity index (χ1v) is 3.62. The molecule has 3 heteroatoms. The van der Waals surface area contributed by atoms with Gasteiger partial charge in [-0.1, -0.05) is 0 Å². The molecule has 0 fully saturated rings. The van der Waals surface area contributed by atoms with Crippen molar-refractivity contribution in [1.82, 2.24) is 0 Å². The summed E-state index contributed by atoms with van der Waals surface area (Å²) < 4.78 is 2.57. The van der Waals surface area contributed by atoms with Crippen molar-refractivity contribution in [3.63, 3.8) is 0 Å². The summed E-state index contributed by atoms with van der Waals surface area (Å²) in [7, 11) is 0. The molecule has 0 spiro atoms. The topological polar surface area (TPSA) is 0 Å².